The van der Waals surface area contributed by atoms with Crippen LogP contribution in [0.2, 0.25) is 0 Å². The standard InChI is InChI=1S/C17H27N3O/c1-2-12-20(16-8-6-15(18)7-9-16)17(21)10-5-14-4-3-11-19-13-14/h3-4,11,13,15-16H,2,5-10,12,18H2,1H3. The number of nitrogens with two attached hydrogens (primary N) is 1. The van der Waals surface area contributed by atoms with Gasteiger partial charge in [0.25, 0.3) is 0 Å². The van der Waals surface area contributed by atoms with Crippen molar-refractivity contribution in [1.82, 2.24) is 9.88 Å². The number of pyridine rings is 1. The number of carbonyl (C=O) groups excluding carboxylic acids is 1. The minimum Gasteiger partial charge on any atom is -0.340 e. The molecular formula is C17H27N3O. The molecule has 4 heteroatoms. The van der Waals surface area contributed by atoms with Gasteiger partial charge in [0, 0.05) is 37.4 Å². The molecule has 1 aromatic heterocycles. The highest BCUT2D eigenvalue weighted by Gasteiger charge is 2.26. The Hall–Kier alpha value is -1.42. The second kappa shape index (κ2) is 8.13. The first kappa shape index (κ1) is 16.0. The molecule has 2 rings (SSSR count). The number of hydrogen-bond donors (Lipinski definition) is 1. The van der Waals surface area contributed by atoms with Gasteiger partial charge in [-0.05, 0) is 50.2 Å². The van der Waals surface area contributed by atoms with Crippen molar-refractivity contribution in [3.63, 3.8) is 0 Å². The molecule has 1 saturated carbocycles. The minimum absolute atomic E-state index is 0.279. The summed E-state index contributed by atoms with van der Waals surface area (Å²) in [6.07, 6.45) is 10.2. The lowest BCUT2D eigenvalue weighted by Crippen LogP contribution is -2.44. The fraction of sp³-hybridized carbons (Fsp3) is 0.647. The minimum atomic E-state index is 0.279. The molecule has 2 N–H and O–H groups in total. The summed E-state index contributed by atoms with van der Waals surface area (Å²) in [6, 6.07) is 4.68. The molecule has 1 fully saturated rings. The van der Waals surface area contributed by atoms with E-state index in [4.69, 9.17) is 5.73 Å². The number of nitrogens with zero attached hydrogens (tertiary/aromatic N) is 2. The first-order chi connectivity index (χ1) is 10.2. The molecule has 1 aliphatic rings. The molecule has 1 heterocycles. The van der Waals surface area contributed by atoms with Gasteiger partial charge in [0.1, 0.15) is 0 Å². The van der Waals surface area contributed by atoms with E-state index < -0.39 is 0 Å². The molecule has 1 amide bonds. The summed E-state index contributed by atoms with van der Waals surface area (Å²) in [4.78, 5) is 18.8. The van der Waals surface area contributed by atoms with Gasteiger partial charge in [0.15, 0.2) is 0 Å². The molecule has 1 aliphatic carbocycles. The maximum Gasteiger partial charge on any atom is 0.223 e. The highest BCUT2D eigenvalue weighted by molar-refractivity contribution is 5.76. The second-order valence-corrected chi connectivity index (χ2v) is 6.02. The lowest BCUT2D eigenvalue weighted by Gasteiger charge is -2.36. The van der Waals surface area contributed by atoms with Crippen LogP contribution in [-0.4, -0.2) is 34.4 Å². The highest BCUT2D eigenvalue weighted by atomic mass is 16.2. The molecule has 0 spiro atoms. The Balaban J connectivity index is 1.89. The van der Waals surface area contributed by atoms with E-state index in [2.05, 4.69) is 16.8 Å². The summed E-state index contributed by atoms with van der Waals surface area (Å²) in [6.45, 7) is 3.00. The zero-order valence-electron chi connectivity index (χ0n) is 13.0. The maximum atomic E-state index is 12.6. The van der Waals surface area contributed by atoms with E-state index in [1.807, 2.05) is 18.3 Å². The van der Waals surface area contributed by atoms with Crippen molar-refractivity contribution in [2.75, 3.05) is 6.54 Å². The summed E-state index contributed by atoms with van der Waals surface area (Å²) in [5, 5.41) is 0. The van der Waals surface area contributed by atoms with Crippen molar-refractivity contribution in [3.8, 4) is 0 Å². The van der Waals surface area contributed by atoms with E-state index in [-0.39, 0.29) is 5.91 Å². The Bertz CT molecular complexity index is 427. The van der Waals surface area contributed by atoms with Crippen molar-refractivity contribution >= 4 is 5.91 Å². The molecule has 0 radical (unpaired) electrons. The molecule has 4 nitrogen and oxygen atoms in total. The normalized spacial score (nSPS) is 22.0. The van der Waals surface area contributed by atoms with Gasteiger partial charge in [0.2, 0.25) is 5.91 Å². The van der Waals surface area contributed by atoms with Gasteiger partial charge < -0.3 is 10.6 Å². The third kappa shape index (κ3) is 4.81. The Morgan fingerprint density at radius 3 is 2.76 bits per heavy atom. The van der Waals surface area contributed by atoms with E-state index >= 15 is 0 Å². The van der Waals surface area contributed by atoms with Crippen LogP contribution in [0.4, 0.5) is 0 Å². The molecule has 0 unspecified atom stereocenters. The van der Waals surface area contributed by atoms with Crippen LogP contribution >= 0.6 is 0 Å². The summed E-state index contributed by atoms with van der Waals surface area (Å²) >= 11 is 0. The summed E-state index contributed by atoms with van der Waals surface area (Å²) < 4.78 is 0. The van der Waals surface area contributed by atoms with Gasteiger partial charge in [-0.1, -0.05) is 13.0 Å². The van der Waals surface area contributed by atoms with Crippen LogP contribution in [0.1, 0.15) is 51.0 Å². The Morgan fingerprint density at radius 1 is 1.38 bits per heavy atom. The predicted octanol–water partition coefficient (Wildman–Crippen LogP) is 2.52. The second-order valence-electron chi connectivity index (χ2n) is 6.02. The summed E-state index contributed by atoms with van der Waals surface area (Å²) in [7, 11) is 0. The first-order valence-corrected chi connectivity index (χ1v) is 8.14. The predicted molar refractivity (Wildman–Crippen MR) is 84.8 cm³/mol. The van der Waals surface area contributed by atoms with Gasteiger partial charge in [-0.2, -0.15) is 0 Å². The molecule has 116 valence electrons. The zero-order chi connectivity index (χ0) is 15.1. The molecule has 0 aromatic carbocycles. The molecule has 0 saturated heterocycles. The Morgan fingerprint density at radius 2 is 2.14 bits per heavy atom. The number of aryl methyl sites for hydroxylation is 1. The quantitative estimate of drug-likeness (QED) is 0.875. The van der Waals surface area contributed by atoms with E-state index in [0.29, 0.717) is 18.5 Å². The fourth-order valence-electron chi connectivity index (χ4n) is 3.11. The smallest absolute Gasteiger partial charge is 0.223 e. The van der Waals surface area contributed by atoms with Crippen LogP contribution in [0.5, 0.6) is 0 Å². The zero-order valence-corrected chi connectivity index (χ0v) is 13.0. The largest absolute Gasteiger partial charge is 0.340 e. The maximum absolute atomic E-state index is 12.6. The Labute approximate surface area is 127 Å². The Kier molecular flexibility index (Phi) is 6.18. The number of amides is 1. The van der Waals surface area contributed by atoms with Crippen LogP contribution in [0, 0.1) is 0 Å². The van der Waals surface area contributed by atoms with Gasteiger partial charge in [-0.3, -0.25) is 9.78 Å². The summed E-state index contributed by atoms with van der Waals surface area (Å²) in [5.74, 6) is 0.279. The van der Waals surface area contributed by atoms with E-state index in [1.165, 1.54) is 0 Å². The highest BCUT2D eigenvalue weighted by Crippen LogP contribution is 2.23. The van der Waals surface area contributed by atoms with Gasteiger partial charge >= 0.3 is 0 Å². The van der Waals surface area contributed by atoms with Gasteiger partial charge in [-0.25, -0.2) is 0 Å². The van der Waals surface area contributed by atoms with E-state index in [1.54, 1.807) is 6.20 Å². The SMILES string of the molecule is CCCN(C(=O)CCc1cccnc1)C1CCC(N)CC1. The average Bonchev–Trinajstić information content (AvgIpc) is 2.52. The lowest BCUT2D eigenvalue weighted by molar-refractivity contribution is -0.134. The third-order valence-corrected chi connectivity index (χ3v) is 4.32. The van der Waals surface area contributed by atoms with Crippen LogP contribution < -0.4 is 5.73 Å². The van der Waals surface area contributed by atoms with Gasteiger partial charge in [0.05, 0.1) is 0 Å². The van der Waals surface area contributed by atoms with E-state index in [9.17, 15) is 4.79 Å². The monoisotopic (exact) mass is 289 g/mol. The third-order valence-electron chi connectivity index (χ3n) is 4.32. The molecule has 0 aliphatic heterocycles. The first-order valence-electron chi connectivity index (χ1n) is 8.14. The molecular weight excluding hydrogens is 262 g/mol. The average molecular weight is 289 g/mol. The van der Waals surface area contributed by atoms with Crippen LogP contribution in [0.3, 0.4) is 0 Å². The topological polar surface area (TPSA) is 59.2 Å². The van der Waals surface area contributed by atoms with Crippen molar-refractivity contribution in [2.24, 2.45) is 5.73 Å². The van der Waals surface area contributed by atoms with Crippen LogP contribution in [-0.2, 0) is 11.2 Å². The van der Waals surface area contributed by atoms with Crippen molar-refractivity contribution in [1.29, 1.82) is 0 Å². The van der Waals surface area contributed by atoms with Crippen molar-refractivity contribution < 1.29 is 4.79 Å². The molecule has 0 bridgehead atoms. The van der Waals surface area contributed by atoms with Gasteiger partial charge in [-0.15, -0.1) is 0 Å². The van der Waals surface area contributed by atoms with E-state index in [0.717, 1.165) is 50.6 Å². The number of rotatable bonds is 6. The molecule has 1 aromatic rings. The summed E-state index contributed by atoms with van der Waals surface area (Å²) in [5.41, 5.74) is 7.10. The van der Waals surface area contributed by atoms with Crippen LogP contribution in [0.25, 0.3) is 0 Å². The number of aromatic nitrogens is 1. The number of hydrogen-bond acceptors (Lipinski definition) is 3. The number of carbonyl (C=O) groups is 1. The molecule has 21 heavy (non-hydrogen) atoms. The van der Waals surface area contributed by atoms with Crippen molar-refractivity contribution in [2.45, 2.75) is 64.0 Å². The van der Waals surface area contributed by atoms with Crippen LogP contribution in [0.15, 0.2) is 24.5 Å². The van der Waals surface area contributed by atoms with Crippen molar-refractivity contribution in [3.05, 3.63) is 30.1 Å². The lowest BCUT2D eigenvalue weighted by atomic mass is 9.90. The molecule has 0 atom stereocenters. The fourth-order valence-corrected chi connectivity index (χ4v) is 3.11.